The Kier molecular flexibility index (Phi) is 7.26. The summed E-state index contributed by atoms with van der Waals surface area (Å²) < 4.78 is 0. The molecular weight excluding hydrogens is 737 g/mol. The van der Waals surface area contributed by atoms with Gasteiger partial charge in [0, 0.05) is 16.7 Å². The highest BCUT2D eigenvalue weighted by Crippen LogP contribution is 2.64. The van der Waals surface area contributed by atoms with Crippen molar-refractivity contribution in [1.82, 2.24) is 9.97 Å². The van der Waals surface area contributed by atoms with Gasteiger partial charge in [0.05, 0.1) is 16.8 Å². The first kappa shape index (κ1) is 34.0. The molecule has 11 aromatic rings. The largest absolute Gasteiger partial charge is 0.228 e. The summed E-state index contributed by atoms with van der Waals surface area (Å²) in [5.74, 6) is 0.701. The molecule has 2 aliphatic carbocycles. The van der Waals surface area contributed by atoms with Crippen molar-refractivity contribution in [2.45, 2.75) is 5.41 Å². The molecule has 282 valence electrons. The normalized spacial score (nSPS) is 13.0. The topological polar surface area (TPSA) is 25.8 Å². The molecule has 0 bridgehead atoms. The second-order valence-corrected chi connectivity index (χ2v) is 16.4. The van der Waals surface area contributed by atoms with E-state index < -0.39 is 5.41 Å². The van der Waals surface area contributed by atoms with E-state index in [-0.39, 0.29) is 0 Å². The second kappa shape index (κ2) is 13.0. The summed E-state index contributed by atoms with van der Waals surface area (Å²) in [4.78, 5) is 10.8. The lowest BCUT2D eigenvalue weighted by molar-refractivity contribution is 0.794. The van der Waals surface area contributed by atoms with Gasteiger partial charge in [-0.2, -0.15) is 0 Å². The first-order valence-corrected chi connectivity index (χ1v) is 21.1. The van der Waals surface area contributed by atoms with E-state index >= 15 is 0 Å². The van der Waals surface area contributed by atoms with Crippen LogP contribution in [0, 0.1) is 0 Å². The average molecular weight is 773 g/mol. The summed E-state index contributed by atoms with van der Waals surface area (Å²) in [6, 6.07) is 79.7. The van der Waals surface area contributed by atoms with Gasteiger partial charge in [0.2, 0.25) is 0 Å². The molecule has 0 saturated heterocycles. The van der Waals surface area contributed by atoms with Crippen LogP contribution in [0.15, 0.2) is 218 Å². The molecule has 1 heterocycles. The molecule has 0 radical (unpaired) electrons. The lowest BCUT2D eigenvalue weighted by Gasteiger charge is -2.30. The molecule has 10 aromatic carbocycles. The predicted octanol–water partition coefficient (Wildman–Crippen LogP) is 14.9. The van der Waals surface area contributed by atoms with Gasteiger partial charge in [-0.05, 0) is 100 Å². The Morgan fingerprint density at radius 1 is 0.279 bits per heavy atom. The molecule has 2 heteroatoms. The summed E-state index contributed by atoms with van der Waals surface area (Å²) in [6.45, 7) is 0. The summed E-state index contributed by atoms with van der Waals surface area (Å²) in [5.41, 5.74) is 17.3. The van der Waals surface area contributed by atoms with Crippen molar-refractivity contribution in [2.24, 2.45) is 0 Å². The predicted molar refractivity (Wildman–Crippen MR) is 253 cm³/mol. The maximum Gasteiger partial charge on any atom is 0.160 e. The van der Waals surface area contributed by atoms with Crippen molar-refractivity contribution >= 4 is 32.3 Å². The smallest absolute Gasteiger partial charge is 0.160 e. The summed E-state index contributed by atoms with van der Waals surface area (Å²) >= 11 is 0. The van der Waals surface area contributed by atoms with Gasteiger partial charge in [-0.3, -0.25) is 0 Å². The number of hydrogen-bond acceptors (Lipinski definition) is 2. The maximum atomic E-state index is 5.48. The molecule has 0 N–H and O–H groups in total. The lowest BCUT2D eigenvalue weighted by atomic mass is 9.70. The Morgan fingerprint density at radius 2 is 0.836 bits per heavy atom. The molecule has 61 heavy (non-hydrogen) atoms. The van der Waals surface area contributed by atoms with Crippen LogP contribution in [-0.2, 0) is 5.41 Å². The fourth-order valence-corrected chi connectivity index (χ4v) is 10.7. The Hall–Kier alpha value is -7.94. The SMILES string of the molecule is c1ccc(-c2cc(-c3cccc4c3-c3ccccc3C43c4ccccc4-c4ccccc43)nc(-c3ccc(-c4c5ccccc5cc5c4ccc4ccccc45)cc3)n2)cc1. The van der Waals surface area contributed by atoms with Gasteiger partial charge >= 0.3 is 0 Å². The molecule has 0 atom stereocenters. The molecule has 0 aliphatic heterocycles. The van der Waals surface area contributed by atoms with Crippen LogP contribution in [0.25, 0.3) is 99.6 Å². The number of nitrogens with zero attached hydrogens (tertiary/aromatic N) is 2. The summed E-state index contributed by atoms with van der Waals surface area (Å²) in [5, 5.41) is 7.51. The van der Waals surface area contributed by atoms with Crippen molar-refractivity contribution in [1.29, 1.82) is 0 Å². The molecule has 2 aliphatic rings. The van der Waals surface area contributed by atoms with Gasteiger partial charge in [-0.15, -0.1) is 0 Å². The molecule has 0 fully saturated rings. The van der Waals surface area contributed by atoms with Crippen molar-refractivity contribution in [3.8, 4) is 67.3 Å². The zero-order chi connectivity index (χ0) is 40.1. The molecule has 0 amide bonds. The number of benzene rings is 10. The van der Waals surface area contributed by atoms with Gasteiger partial charge < -0.3 is 0 Å². The first-order chi connectivity index (χ1) is 30.3. The number of rotatable bonds is 4. The minimum absolute atomic E-state index is 0.429. The van der Waals surface area contributed by atoms with Crippen LogP contribution in [0.5, 0.6) is 0 Å². The van der Waals surface area contributed by atoms with E-state index in [0.29, 0.717) is 5.82 Å². The van der Waals surface area contributed by atoms with Crippen LogP contribution in [0.4, 0.5) is 0 Å². The Labute approximate surface area is 354 Å². The van der Waals surface area contributed by atoms with Crippen LogP contribution in [0.1, 0.15) is 22.3 Å². The van der Waals surface area contributed by atoms with Crippen LogP contribution < -0.4 is 0 Å². The third kappa shape index (κ3) is 4.85. The third-order valence-electron chi connectivity index (χ3n) is 13.3. The van der Waals surface area contributed by atoms with E-state index in [1.54, 1.807) is 0 Å². The Balaban J connectivity index is 1.01. The van der Waals surface area contributed by atoms with Crippen LogP contribution in [-0.4, -0.2) is 9.97 Å². The highest BCUT2D eigenvalue weighted by Gasteiger charge is 2.52. The molecule has 0 saturated carbocycles. The van der Waals surface area contributed by atoms with E-state index in [0.717, 1.165) is 28.1 Å². The third-order valence-corrected chi connectivity index (χ3v) is 13.3. The highest BCUT2D eigenvalue weighted by molar-refractivity contribution is 6.20. The molecule has 0 unspecified atom stereocenters. The summed E-state index contributed by atoms with van der Waals surface area (Å²) in [7, 11) is 0. The van der Waals surface area contributed by atoms with E-state index in [9.17, 15) is 0 Å². The van der Waals surface area contributed by atoms with E-state index in [1.807, 2.05) is 0 Å². The number of aromatic nitrogens is 2. The van der Waals surface area contributed by atoms with Crippen molar-refractivity contribution in [3.05, 3.63) is 241 Å². The molecule has 1 aromatic heterocycles. The van der Waals surface area contributed by atoms with Gasteiger partial charge in [-0.1, -0.05) is 206 Å². The first-order valence-electron chi connectivity index (χ1n) is 21.1. The standard InChI is InChI=1S/C59H36N2/c1-2-16-38(17-3-1)54-36-55(48-24-14-28-53-57(48)47-23-10-13-27-52(47)59(53)50-25-11-8-21-44(50)45-22-9-12-26-51(45)59)61-58(60-54)40-31-29-39(30-32-40)56-43-20-7-5-18-41(43)35-49-42-19-6-4-15-37(42)33-34-46(49)56/h1-36H. The molecular formula is C59H36N2. The highest BCUT2D eigenvalue weighted by atomic mass is 14.9. The quantitative estimate of drug-likeness (QED) is 0.132. The van der Waals surface area contributed by atoms with Crippen LogP contribution >= 0.6 is 0 Å². The van der Waals surface area contributed by atoms with Crippen molar-refractivity contribution in [2.75, 3.05) is 0 Å². The molecule has 13 rings (SSSR count). The van der Waals surface area contributed by atoms with Crippen LogP contribution in [0.2, 0.25) is 0 Å². The Bertz CT molecular complexity index is 3540. The van der Waals surface area contributed by atoms with Gasteiger partial charge in [0.15, 0.2) is 5.82 Å². The Morgan fingerprint density at radius 3 is 1.59 bits per heavy atom. The fourth-order valence-electron chi connectivity index (χ4n) is 10.7. The molecule has 2 nitrogen and oxygen atoms in total. The fraction of sp³-hybridized carbons (Fsp3) is 0.0169. The van der Waals surface area contributed by atoms with Crippen molar-refractivity contribution < 1.29 is 0 Å². The van der Waals surface area contributed by atoms with E-state index in [1.165, 1.54) is 88.0 Å². The van der Waals surface area contributed by atoms with E-state index in [2.05, 4.69) is 218 Å². The van der Waals surface area contributed by atoms with E-state index in [4.69, 9.17) is 9.97 Å². The average Bonchev–Trinajstić information content (AvgIpc) is 3.81. The molecule has 1 spiro atoms. The number of fused-ring (bicyclic) bond motifs is 14. The van der Waals surface area contributed by atoms with Crippen molar-refractivity contribution in [3.63, 3.8) is 0 Å². The minimum Gasteiger partial charge on any atom is -0.228 e. The van der Waals surface area contributed by atoms with Gasteiger partial charge in [0.1, 0.15) is 0 Å². The van der Waals surface area contributed by atoms with Crippen LogP contribution in [0.3, 0.4) is 0 Å². The minimum atomic E-state index is -0.429. The second-order valence-electron chi connectivity index (χ2n) is 16.4. The monoisotopic (exact) mass is 772 g/mol. The summed E-state index contributed by atoms with van der Waals surface area (Å²) in [6.07, 6.45) is 0. The van der Waals surface area contributed by atoms with Gasteiger partial charge in [0.25, 0.3) is 0 Å². The lowest BCUT2D eigenvalue weighted by Crippen LogP contribution is -2.25. The van der Waals surface area contributed by atoms with Gasteiger partial charge in [-0.25, -0.2) is 9.97 Å². The zero-order valence-corrected chi connectivity index (χ0v) is 33.2. The number of hydrogen-bond donors (Lipinski definition) is 0. The zero-order valence-electron chi connectivity index (χ0n) is 33.2. The maximum absolute atomic E-state index is 5.48.